The van der Waals surface area contributed by atoms with Crippen molar-refractivity contribution < 1.29 is 62.7 Å². The number of ether oxygens (including phenoxy) is 5. The molecule has 0 saturated heterocycles. The molecule has 3 heterocycles. The van der Waals surface area contributed by atoms with Crippen LogP contribution in [0.2, 0.25) is 0 Å². The van der Waals surface area contributed by atoms with Crippen molar-refractivity contribution in [3.8, 4) is 23.0 Å². The minimum atomic E-state index is -6.39. The van der Waals surface area contributed by atoms with Crippen molar-refractivity contribution >= 4 is 37.6 Å². The molecule has 2 aromatic carbocycles. The van der Waals surface area contributed by atoms with Gasteiger partial charge in [-0.25, -0.2) is 17.5 Å². The molecule has 5 rings (SSSR count). The highest BCUT2D eigenvalue weighted by Gasteiger charge is 2.52. The van der Waals surface area contributed by atoms with Gasteiger partial charge in [0.05, 0.1) is 12.8 Å². The number of anilines is 1. The molecule has 0 radical (unpaired) electrons. The Labute approximate surface area is 200 Å². The second-order valence-corrected chi connectivity index (χ2v) is 10.5. The maximum absolute atomic E-state index is 13.7. The van der Waals surface area contributed by atoms with E-state index in [4.69, 9.17) is 18.9 Å². The zero-order valence-corrected chi connectivity index (χ0v) is 19.3. The van der Waals surface area contributed by atoms with Crippen LogP contribution < -0.4 is 23.3 Å². The number of fused-ring (bicyclic) bond motifs is 3. The van der Waals surface area contributed by atoms with Gasteiger partial charge in [-0.05, 0) is 18.2 Å². The van der Waals surface area contributed by atoms with Crippen molar-refractivity contribution in [3.05, 3.63) is 41.6 Å². The summed E-state index contributed by atoms with van der Waals surface area (Å²) in [6, 6.07) is 5.35. The molecule has 192 valence electrons. The smallest absolute Gasteiger partial charge is 0.464 e. The van der Waals surface area contributed by atoms with Crippen LogP contribution in [0.15, 0.2) is 40.9 Å². The molecule has 0 N–H and O–H groups in total. The normalized spacial score (nSPS) is 17.6. The summed E-state index contributed by atoms with van der Waals surface area (Å²) in [4.78, 5) is 12.1. The average molecular weight is 551 g/mol. The summed E-state index contributed by atoms with van der Waals surface area (Å²) in [5.41, 5.74) is -8.12. The first-order valence-electron chi connectivity index (χ1n) is 9.57. The van der Waals surface area contributed by atoms with E-state index in [2.05, 4.69) is 8.92 Å². The van der Waals surface area contributed by atoms with Crippen molar-refractivity contribution in [1.29, 1.82) is 0 Å². The van der Waals surface area contributed by atoms with Crippen molar-refractivity contribution in [3.63, 3.8) is 0 Å². The molecule has 12 nitrogen and oxygen atoms in total. The van der Waals surface area contributed by atoms with Crippen LogP contribution in [0.1, 0.15) is 5.56 Å². The zero-order chi connectivity index (χ0) is 26.0. The fourth-order valence-corrected chi connectivity index (χ4v) is 5.70. The van der Waals surface area contributed by atoms with Gasteiger partial charge in [0.25, 0.3) is 10.0 Å². The Balaban J connectivity index is 1.85. The molecule has 0 atom stereocenters. The highest BCUT2D eigenvalue weighted by Crippen LogP contribution is 2.48. The van der Waals surface area contributed by atoms with E-state index in [1.165, 1.54) is 6.07 Å². The molecule has 36 heavy (non-hydrogen) atoms. The van der Waals surface area contributed by atoms with Crippen molar-refractivity contribution in [2.45, 2.75) is 10.4 Å². The first-order chi connectivity index (χ1) is 16.8. The van der Waals surface area contributed by atoms with Gasteiger partial charge in [-0.2, -0.15) is 21.6 Å². The van der Waals surface area contributed by atoms with Crippen LogP contribution >= 0.6 is 0 Å². The van der Waals surface area contributed by atoms with Gasteiger partial charge in [-0.15, -0.1) is 0 Å². The number of esters is 1. The minimum Gasteiger partial charge on any atom is -0.464 e. The monoisotopic (exact) mass is 551 g/mol. The maximum Gasteiger partial charge on any atom is 0.534 e. The lowest BCUT2D eigenvalue weighted by Crippen LogP contribution is -2.40. The van der Waals surface area contributed by atoms with Crippen LogP contribution in [0.4, 0.5) is 18.9 Å². The molecular formula is C19H12F3NO11S2. The van der Waals surface area contributed by atoms with Crippen molar-refractivity contribution in [1.82, 2.24) is 0 Å². The molecule has 2 aromatic rings. The van der Waals surface area contributed by atoms with Gasteiger partial charge in [0.15, 0.2) is 34.5 Å². The molecule has 0 bridgehead atoms. The van der Waals surface area contributed by atoms with Gasteiger partial charge < -0.3 is 27.9 Å². The Morgan fingerprint density at radius 1 is 0.972 bits per heavy atom. The Hall–Kier alpha value is -3.86. The van der Waals surface area contributed by atoms with Crippen molar-refractivity contribution in [2.24, 2.45) is 0 Å². The highest BCUT2D eigenvalue weighted by molar-refractivity contribution is 7.93. The summed E-state index contributed by atoms with van der Waals surface area (Å²) in [6.45, 7) is -0.551. The molecule has 0 fully saturated rings. The van der Waals surface area contributed by atoms with Crippen LogP contribution in [0.3, 0.4) is 0 Å². The number of nitrogens with zero attached hydrogens (tertiary/aromatic N) is 1. The summed E-state index contributed by atoms with van der Waals surface area (Å²) in [7, 11) is -10.4. The number of carbonyl (C=O) groups is 1. The lowest BCUT2D eigenvalue weighted by molar-refractivity contribution is -0.136. The van der Waals surface area contributed by atoms with E-state index >= 15 is 0 Å². The van der Waals surface area contributed by atoms with Crippen molar-refractivity contribution in [2.75, 3.05) is 25.0 Å². The first kappa shape index (κ1) is 23.9. The third-order valence-corrected chi connectivity index (χ3v) is 7.82. The largest absolute Gasteiger partial charge is 0.534 e. The number of alkyl halides is 3. The van der Waals surface area contributed by atoms with Crippen LogP contribution in [-0.4, -0.2) is 49.0 Å². The second-order valence-electron chi connectivity index (χ2n) is 7.16. The predicted molar refractivity (Wildman–Crippen MR) is 110 cm³/mol. The molecule has 3 aliphatic heterocycles. The molecule has 0 aromatic heterocycles. The van der Waals surface area contributed by atoms with Gasteiger partial charge in [-0.3, -0.25) is 0 Å². The van der Waals surface area contributed by atoms with E-state index in [1.807, 2.05) is 0 Å². The van der Waals surface area contributed by atoms with Gasteiger partial charge >= 0.3 is 21.6 Å². The maximum atomic E-state index is 13.7. The van der Waals surface area contributed by atoms with Crippen LogP contribution in [-0.2, 0) is 33.9 Å². The van der Waals surface area contributed by atoms with Crippen LogP contribution in [0.5, 0.6) is 23.0 Å². The number of benzene rings is 2. The number of sulfonamides is 1. The van der Waals surface area contributed by atoms with Gasteiger partial charge in [0.1, 0.15) is 4.90 Å². The van der Waals surface area contributed by atoms with Gasteiger partial charge in [-0.1, -0.05) is 0 Å². The van der Waals surface area contributed by atoms with E-state index < -0.39 is 53.5 Å². The number of rotatable bonds is 4. The van der Waals surface area contributed by atoms with E-state index in [9.17, 15) is 34.8 Å². The molecule has 0 unspecified atom stereocenters. The second kappa shape index (κ2) is 7.82. The van der Waals surface area contributed by atoms with E-state index in [1.54, 1.807) is 0 Å². The minimum absolute atomic E-state index is 0.0498. The Bertz CT molecular complexity index is 1550. The molecule has 3 aliphatic rings. The molecule has 0 amide bonds. The number of carbonyl (C=O) groups excluding carboxylic acids is 1. The SMILES string of the molecule is COC(=O)C1=C(OS(=O)(=O)C(F)(F)F)c2cc3c(cc2S(=O)(=O)N1c1ccc2c(c1)OCO2)OCO3. The lowest BCUT2D eigenvalue weighted by Gasteiger charge is -2.32. The quantitative estimate of drug-likeness (QED) is 0.313. The summed E-state index contributed by atoms with van der Waals surface area (Å²) < 4.78 is 121. The van der Waals surface area contributed by atoms with Crippen LogP contribution in [0, 0.1) is 0 Å². The highest BCUT2D eigenvalue weighted by atomic mass is 32.2. The lowest BCUT2D eigenvalue weighted by atomic mass is 10.1. The number of hydrogen-bond acceptors (Lipinski definition) is 11. The fourth-order valence-electron chi connectivity index (χ4n) is 3.55. The summed E-state index contributed by atoms with van der Waals surface area (Å²) in [6.07, 6.45) is 0. The standard InChI is InChI=1S/C19H12F3NO11S2/c1-29-18(24)16-17(34-36(27,28)19(20,21)22)10-5-13-14(33-8-32-13)6-15(10)35(25,26)23(16)9-2-3-11-12(4-9)31-7-30-11/h2-6H,7-8H2,1H3. The molecule has 0 aliphatic carbocycles. The number of methoxy groups -OCH3 is 1. The summed E-state index contributed by atoms with van der Waals surface area (Å²) in [5, 5.41) is 0. The summed E-state index contributed by atoms with van der Waals surface area (Å²) in [5.74, 6) is -2.74. The number of hydrogen-bond donors (Lipinski definition) is 0. The molecular weight excluding hydrogens is 539 g/mol. The third kappa shape index (κ3) is 3.53. The van der Waals surface area contributed by atoms with Gasteiger partial charge in [0, 0.05) is 17.7 Å². The summed E-state index contributed by atoms with van der Waals surface area (Å²) >= 11 is 0. The third-order valence-electron chi connectivity index (χ3n) is 5.10. The fraction of sp³-hybridized carbons (Fsp3) is 0.211. The number of halogens is 3. The van der Waals surface area contributed by atoms with Gasteiger partial charge in [0.2, 0.25) is 13.6 Å². The molecule has 0 spiro atoms. The Kier molecular flexibility index (Phi) is 5.18. The molecule has 17 heteroatoms. The van der Waals surface area contributed by atoms with E-state index in [0.717, 1.165) is 31.4 Å². The van der Waals surface area contributed by atoms with Crippen LogP contribution in [0.25, 0.3) is 5.76 Å². The first-order valence-corrected chi connectivity index (χ1v) is 12.4. The zero-order valence-electron chi connectivity index (χ0n) is 17.7. The predicted octanol–water partition coefficient (Wildman–Crippen LogP) is 2.06. The molecule has 0 saturated carbocycles. The average Bonchev–Trinajstić information content (AvgIpc) is 3.46. The van der Waals surface area contributed by atoms with E-state index in [0.29, 0.717) is 0 Å². The van der Waals surface area contributed by atoms with E-state index in [-0.39, 0.29) is 46.6 Å². The Morgan fingerprint density at radius 2 is 1.56 bits per heavy atom. The Morgan fingerprint density at radius 3 is 2.17 bits per heavy atom. The topological polar surface area (TPSA) is 144 Å².